The van der Waals surface area contributed by atoms with Crippen LogP contribution in [0.1, 0.15) is 73.6 Å². The zero-order valence-electron chi connectivity index (χ0n) is 19.9. The van der Waals surface area contributed by atoms with E-state index in [4.69, 9.17) is 9.47 Å². The van der Waals surface area contributed by atoms with Crippen molar-refractivity contribution in [2.45, 2.75) is 79.2 Å². The minimum atomic E-state index is -1.22. The van der Waals surface area contributed by atoms with Gasteiger partial charge in [-0.3, -0.25) is 9.59 Å². The number of hydrogen-bond donors (Lipinski definition) is 0. The van der Waals surface area contributed by atoms with Crippen LogP contribution in [-0.4, -0.2) is 24.0 Å². The van der Waals surface area contributed by atoms with Crippen LogP contribution in [0, 0.1) is 22.7 Å². The fraction of sp³-hybridized carbons (Fsp3) is 0.630. The fourth-order valence-corrected chi connectivity index (χ4v) is 7.44. The third-order valence-electron chi connectivity index (χ3n) is 8.79. The first-order valence-corrected chi connectivity index (χ1v) is 11.7. The lowest BCUT2D eigenvalue weighted by molar-refractivity contribution is -0.175. The van der Waals surface area contributed by atoms with Crippen molar-refractivity contribution in [3.8, 4) is 0 Å². The van der Waals surface area contributed by atoms with Crippen molar-refractivity contribution in [1.29, 1.82) is 0 Å². The summed E-state index contributed by atoms with van der Waals surface area (Å²) >= 11 is 0. The zero-order valence-corrected chi connectivity index (χ0v) is 19.9. The molecule has 0 bridgehead atoms. The molecule has 5 unspecified atom stereocenters. The number of carbonyl (C=O) groups excluding carboxylic acids is 2. The van der Waals surface area contributed by atoms with Crippen molar-refractivity contribution in [3.05, 3.63) is 46.8 Å². The number of hydrogen-bond acceptors (Lipinski definition) is 4. The third kappa shape index (κ3) is 2.86. The Morgan fingerprint density at radius 3 is 2.48 bits per heavy atom. The van der Waals surface area contributed by atoms with Gasteiger partial charge in [0.2, 0.25) is 0 Å². The number of fused-ring (bicyclic) bond motifs is 5. The average molecular weight is 425 g/mol. The average Bonchev–Trinajstić information content (AvgIpc) is 2.91. The Labute approximate surface area is 186 Å². The van der Waals surface area contributed by atoms with E-state index in [2.05, 4.69) is 39.5 Å². The summed E-state index contributed by atoms with van der Waals surface area (Å²) in [6.45, 7) is 16.7. The normalized spacial score (nSPS) is 39.1. The van der Waals surface area contributed by atoms with Gasteiger partial charge in [-0.1, -0.05) is 32.1 Å². The molecule has 31 heavy (non-hydrogen) atoms. The SMILES string of the molecule is C=C1CC2C3=CC(C)=C4C=C(OCC)CCC4(C)C3CCC2(C)C1(OC(C)=O)C(C)=O. The molecule has 4 aliphatic rings. The van der Waals surface area contributed by atoms with Gasteiger partial charge in [0.1, 0.15) is 0 Å². The second-order valence-electron chi connectivity index (χ2n) is 10.4. The Kier molecular flexibility index (Phi) is 5.14. The lowest BCUT2D eigenvalue weighted by atomic mass is 9.49. The molecule has 0 heterocycles. The number of ketones is 1. The van der Waals surface area contributed by atoms with E-state index in [1.807, 2.05) is 6.92 Å². The molecule has 4 nitrogen and oxygen atoms in total. The molecule has 0 amide bonds. The molecule has 2 saturated carbocycles. The Hall–Kier alpha value is -2.10. The largest absolute Gasteiger partial charge is 0.498 e. The first-order valence-electron chi connectivity index (χ1n) is 11.7. The molecule has 0 radical (unpaired) electrons. The number of carbonyl (C=O) groups is 2. The molecule has 5 atom stereocenters. The van der Waals surface area contributed by atoms with Crippen molar-refractivity contribution in [3.63, 3.8) is 0 Å². The maximum Gasteiger partial charge on any atom is 0.303 e. The van der Waals surface area contributed by atoms with Crippen LogP contribution in [0.4, 0.5) is 0 Å². The quantitative estimate of drug-likeness (QED) is 0.420. The van der Waals surface area contributed by atoms with Crippen LogP contribution in [0.2, 0.25) is 0 Å². The molecule has 0 aromatic carbocycles. The standard InChI is InChI=1S/C27H36O4/c1-8-30-20-9-11-25(6)22-10-12-26(7)24(21(22)13-16(2)23(25)15-20)14-17(3)27(26,18(4)28)31-19(5)29/h13,15,22,24H,3,8-12,14H2,1-2,4-7H3. The Morgan fingerprint density at radius 1 is 1.16 bits per heavy atom. The predicted octanol–water partition coefficient (Wildman–Crippen LogP) is 5.85. The van der Waals surface area contributed by atoms with Gasteiger partial charge < -0.3 is 9.47 Å². The summed E-state index contributed by atoms with van der Waals surface area (Å²) in [5.41, 5.74) is 3.25. The summed E-state index contributed by atoms with van der Waals surface area (Å²) in [5.74, 6) is 1.16. The number of allylic oxidation sites excluding steroid dienone is 6. The molecule has 0 N–H and O–H groups in total. The van der Waals surface area contributed by atoms with Gasteiger partial charge in [-0.05, 0) is 86.5 Å². The van der Waals surface area contributed by atoms with Gasteiger partial charge in [0.05, 0.1) is 12.4 Å². The second kappa shape index (κ2) is 7.21. The molecule has 0 saturated heterocycles. The van der Waals surface area contributed by atoms with E-state index >= 15 is 0 Å². The molecule has 4 rings (SSSR count). The van der Waals surface area contributed by atoms with E-state index in [-0.39, 0.29) is 17.1 Å². The lowest BCUT2D eigenvalue weighted by Gasteiger charge is -2.55. The van der Waals surface area contributed by atoms with Gasteiger partial charge in [0, 0.05) is 18.8 Å². The first-order chi connectivity index (χ1) is 14.5. The molecule has 168 valence electrons. The number of Topliss-reactive ketones (excluding diaryl/α,β-unsaturated/α-hetero) is 1. The van der Waals surface area contributed by atoms with Crippen LogP contribution in [0.3, 0.4) is 0 Å². The summed E-state index contributed by atoms with van der Waals surface area (Å²) in [6.07, 6.45) is 9.18. The van der Waals surface area contributed by atoms with Crippen LogP contribution < -0.4 is 0 Å². The third-order valence-corrected chi connectivity index (χ3v) is 8.79. The molecule has 2 fully saturated rings. The zero-order chi connectivity index (χ0) is 22.8. The minimum Gasteiger partial charge on any atom is -0.498 e. The van der Waals surface area contributed by atoms with Crippen LogP contribution in [0.25, 0.3) is 0 Å². The summed E-state index contributed by atoms with van der Waals surface area (Å²) in [7, 11) is 0. The van der Waals surface area contributed by atoms with Gasteiger partial charge >= 0.3 is 5.97 Å². The van der Waals surface area contributed by atoms with E-state index < -0.39 is 17.0 Å². The highest BCUT2D eigenvalue weighted by Crippen LogP contribution is 2.68. The van der Waals surface area contributed by atoms with E-state index in [1.165, 1.54) is 23.6 Å². The highest BCUT2D eigenvalue weighted by Gasteiger charge is 2.68. The molecule has 4 heteroatoms. The van der Waals surface area contributed by atoms with Crippen LogP contribution in [-0.2, 0) is 19.1 Å². The number of rotatable bonds is 4. The molecular weight excluding hydrogens is 388 g/mol. The van der Waals surface area contributed by atoms with Gasteiger partial charge in [-0.25, -0.2) is 0 Å². The van der Waals surface area contributed by atoms with Crippen molar-refractivity contribution in [2.24, 2.45) is 22.7 Å². The van der Waals surface area contributed by atoms with Crippen LogP contribution in [0.5, 0.6) is 0 Å². The molecule has 4 aliphatic carbocycles. The summed E-state index contributed by atoms with van der Waals surface area (Å²) in [6, 6.07) is 0. The summed E-state index contributed by atoms with van der Waals surface area (Å²) < 4.78 is 11.7. The van der Waals surface area contributed by atoms with Gasteiger partial charge in [-0.15, -0.1) is 0 Å². The maximum atomic E-state index is 13.0. The molecule has 0 aliphatic heterocycles. The lowest BCUT2D eigenvalue weighted by Crippen LogP contribution is -2.57. The minimum absolute atomic E-state index is 0.0698. The summed E-state index contributed by atoms with van der Waals surface area (Å²) in [5, 5.41) is 0. The highest BCUT2D eigenvalue weighted by molar-refractivity contribution is 5.93. The van der Waals surface area contributed by atoms with Crippen LogP contribution >= 0.6 is 0 Å². The van der Waals surface area contributed by atoms with Crippen molar-refractivity contribution in [2.75, 3.05) is 6.61 Å². The molecule has 0 aromatic rings. The smallest absolute Gasteiger partial charge is 0.303 e. The monoisotopic (exact) mass is 424 g/mol. The maximum absolute atomic E-state index is 13.0. The molecule has 0 aromatic heterocycles. The topological polar surface area (TPSA) is 52.6 Å². The van der Waals surface area contributed by atoms with Crippen LogP contribution in [0.15, 0.2) is 46.8 Å². The Morgan fingerprint density at radius 2 is 1.87 bits per heavy atom. The Balaban J connectivity index is 1.83. The highest BCUT2D eigenvalue weighted by atomic mass is 16.6. The van der Waals surface area contributed by atoms with E-state index in [9.17, 15) is 9.59 Å². The fourth-order valence-electron chi connectivity index (χ4n) is 7.44. The van der Waals surface area contributed by atoms with Gasteiger partial charge in [0.15, 0.2) is 11.4 Å². The van der Waals surface area contributed by atoms with Crippen molar-refractivity contribution >= 4 is 11.8 Å². The first kappa shape index (κ1) is 22.1. The van der Waals surface area contributed by atoms with E-state index in [1.54, 1.807) is 6.92 Å². The second-order valence-corrected chi connectivity index (χ2v) is 10.4. The van der Waals surface area contributed by atoms with Crippen molar-refractivity contribution in [1.82, 2.24) is 0 Å². The van der Waals surface area contributed by atoms with Gasteiger partial charge in [0.25, 0.3) is 0 Å². The number of ether oxygens (including phenoxy) is 2. The van der Waals surface area contributed by atoms with Crippen molar-refractivity contribution < 1.29 is 19.1 Å². The predicted molar refractivity (Wildman–Crippen MR) is 121 cm³/mol. The van der Waals surface area contributed by atoms with E-state index in [0.717, 1.165) is 37.0 Å². The van der Waals surface area contributed by atoms with Gasteiger partial charge in [-0.2, -0.15) is 0 Å². The summed E-state index contributed by atoms with van der Waals surface area (Å²) in [4.78, 5) is 25.1. The molecular formula is C27H36O4. The Bertz CT molecular complexity index is 950. The molecule has 0 spiro atoms. The van der Waals surface area contributed by atoms with E-state index in [0.29, 0.717) is 18.9 Å². The number of esters is 1.